The number of amides is 1. The number of methoxy groups -OCH3 is 1. The molecule has 0 saturated carbocycles. The average Bonchev–Trinajstić information content (AvgIpc) is 3.15. The number of hydrogen-bond acceptors (Lipinski definition) is 6. The van der Waals surface area contributed by atoms with Gasteiger partial charge < -0.3 is 15.0 Å². The van der Waals surface area contributed by atoms with Crippen LogP contribution in [-0.2, 0) is 14.5 Å². The van der Waals surface area contributed by atoms with E-state index in [1.54, 1.807) is 0 Å². The fourth-order valence-electron chi connectivity index (χ4n) is 3.46. The highest BCUT2D eigenvalue weighted by Gasteiger charge is 2.50. The zero-order valence-electron chi connectivity index (χ0n) is 16.9. The third-order valence-electron chi connectivity index (χ3n) is 5.01. The van der Waals surface area contributed by atoms with E-state index >= 15 is 0 Å². The van der Waals surface area contributed by atoms with Crippen LogP contribution in [0, 0.1) is 22.3 Å². The van der Waals surface area contributed by atoms with Gasteiger partial charge in [-0.25, -0.2) is 18.4 Å². The van der Waals surface area contributed by atoms with Gasteiger partial charge in [0, 0.05) is 24.7 Å². The number of halogens is 5. The molecule has 0 aliphatic carbocycles. The summed E-state index contributed by atoms with van der Waals surface area (Å²) in [6.45, 7) is -0.667. The molecule has 1 aromatic carbocycles. The van der Waals surface area contributed by atoms with Gasteiger partial charge in [-0.3, -0.25) is 4.79 Å². The molecule has 0 spiro atoms. The van der Waals surface area contributed by atoms with Gasteiger partial charge in [0.25, 0.3) is 0 Å². The molecule has 2 N–H and O–H groups in total. The second kappa shape index (κ2) is 8.52. The highest BCUT2D eigenvalue weighted by molar-refractivity contribution is 7.91. The molecule has 174 valence electrons. The van der Waals surface area contributed by atoms with Crippen molar-refractivity contribution in [3.63, 3.8) is 0 Å². The van der Waals surface area contributed by atoms with Gasteiger partial charge in [0.2, 0.25) is 11.7 Å². The van der Waals surface area contributed by atoms with Crippen LogP contribution in [0.1, 0.15) is 6.42 Å². The van der Waals surface area contributed by atoms with E-state index in [1.807, 2.05) is 0 Å². The van der Waals surface area contributed by atoms with Gasteiger partial charge in [-0.2, -0.15) is 17.6 Å². The lowest BCUT2D eigenvalue weighted by Crippen LogP contribution is -2.40. The molecule has 7 nitrogen and oxygen atoms in total. The van der Waals surface area contributed by atoms with Crippen molar-refractivity contribution < 1.29 is 35.7 Å². The Labute approximate surface area is 180 Å². The normalized spacial score (nSPS) is 20.7. The van der Waals surface area contributed by atoms with Crippen LogP contribution in [0.25, 0.3) is 0 Å². The molecule has 2 heterocycles. The lowest BCUT2D eigenvalue weighted by molar-refractivity contribution is -0.168. The molecule has 0 unspecified atom stereocenters. The highest BCUT2D eigenvalue weighted by atomic mass is 32.2. The maximum atomic E-state index is 14.2. The molecule has 3 rings (SSSR count). The number of anilines is 2. The van der Waals surface area contributed by atoms with Crippen molar-refractivity contribution in [2.45, 2.75) is 23.7 Å². The molecule has 2 aromatic rings. The minimum atomic E-state index is -4.62. The number of nitrogens with zero attached hydrogens (tertiary/aromatic N) is 2. The first-order valence-electron chi connectivity index (χ1n) is 9.19. The van der Waals surface area contributed by atoms with Gasteiger partial charge in [-0.05, 0) is 30.7 Å². The van der Waals surface area contributed by atoms with E-state index in [-0.39, 0.29) is 16.4 Å². The molecule has 1 fully saturated rings. The monoisotopic (exact) mass is 478 g/mol. The number of ether oxygens (including phenoxy) is 1. The van der Waals surface area contributed by atoms with Crippen LogP contribution in [-0.4, -0.2) is 47.2 Å². The van der Waals surface area contributed by atoms with Crippen molar-refractivity contribution in [2.75, 3.05) is 30.1 Å². The first kappa shape index (κ1) is 23.7. The molecule has 1 aromatic heterocycles. The Morgan fingerprint density at radius 2 is 2.00 bits per heavy atom. The van der Waals surface area contributed by atoms with E-state index in [0.29, 0.717) is 0 Å². The average molecular weight is 478 g/mol. The number of aromatic nitrogens is 1. The second-order valence-corrected chi connectivity index (χ2v) is 9.38. The van der Waals surface area contributed by atoms with Crippen LogP contribution < -0.4 is 15.0 Å². The van der Waals surface area contributed by atoms with Gasteiger partial charge in [0.15, 0.2) is 11.6 Å². The Morgan fingerprint density at radius 3 is 2.59 bits per heavy atom. The van der Waals surface area contributed by atoms with Crippen molar-refractivity contribution in [1.29, 1.82) is 4.78 Å². The molecule has 1 amide bonds. The number of alkyl halides is 3. The topological polar surface area (TPSA) is 95.4 Å². The van der Waals surface area contributed by atoms with E-state index < -0.39 is 64.1 Å². The van der Waals surface area contributed by atoms with Crippen LogP contribution in [0.2, 0.25) is 0 Å². The van der Waals surface area contributed by atoms with E-state index in [9.17, 15) is 31.0 Å². The van der Waals surface area contributed by atoms with Crippen LogP contribution in [0.15, 0.2) is 35.5 Å². The van der Waals surface area contributed by atoms with Crippen molar-refractivity contribution in [3.8, 4) is 5.75 Å². The number of rotatable bonds is 5. The van der Waals surface area contributed by atoms with Crippen molar-refractivity contribution >= 4 is 27.0 Å². The molecule has 3 atom stereocenters. The molecule has 32 heavy (non-hydrogen) atoms. The molecular formula is C19H19F5N4O3S. The predicted molar refractivity (Wildman–Crippen MR) is 106 cm³/mol. The van der Waals surface area contributed by atoms with Gasteiger partial charge in [0.05, 0.1) is 28.4 Å². The van der Waals surface area contributed by atoms with E-state index in [1.165, 1.54) is 18.3 Å². The quantitative estimate of drug-likeness (QED) is 0.638. The summed E-state index contributed by atoms with van der Waals surface area (Å²) in [5, 5.41) is 2.31. The van der Waals surface area contributed by atoms with E-state index in [2.05, 4.69) is 10.3 Å². The number of benzene rings is 1. The summed E-state index contributed by atoms with van der Waals surface area (Å²) in [7, 11) is -2.16. The molecule has 13 heteroatoms. The van der Waals surface area contributed by atoms with Crippen molar-refractivity contribution in [2.24, 2.45) is 5.92 Å². The zero-order valence-corrected chi connectivity index (χ0v) is 17.7. The Morgan fingerprint density at radius 1 is 1.31 bits per heavy atom. The minimum absolute atomic E-state index is 0.0782. The maximum absolute atomic E-state index is 14.2. The van der Waals surface area contributed by atoms with Gasteiger partial charge >= 0.3 is 6.18 Å². The smallest absolute Gasteiger partial charge is 0.393 e. The van der Waals surface area contributed by atoms with Gasteiger partial charge in [-0.15, -0.1) is 0 Å². The maximum Gasteiger partial charge on any atom is 0.393 e. The molecule has 1 saturated heterocycles. The molecular weight excluding hydrogens is 459 g/mol. The Bertz CT molecular complexity index is 1140. The summed E-state index contributed by atoms with van der Waals surface area (Å²) in [5.41, 5.74) is -0.120. The summed E-state index contributed by atoms with van der Waals surface area (Å²) >= 11 is 0. The predicted octanol–water partition coefficient (Wildman–Crippen LogP) is 3.80. The van der Waals surface area contributed by atoms with Gasteiger partial charge in [-0.1, -0.05) is 0 Å². The number of pyridine rings is 1. The fraction of sp³-hybridized carbons (Fsp3) is 0.368. The number of carbonyl (C=O) groups excluding carboxylic acids is 1. The highest BCUT2D eigenvalue weighted by Crippen LogP contribution is 2.43. The minimum Gasteiger partial charge on any atom is -0.491 e. The summed E-state index contributed by atoms with van der Waals surface area (Å²) in [6, 6.07) is 2.91. The Hall–Kier alpha value is -2.96. The molecule has 1 aliphatic rings. The molecule has 1 aliphatic heterocycles. The lowest BCUT2D eigenvalue weighted by atomic mass is 10.0. The number of nitrogens with one attached hydrogen (secondary N) is 2. The summed E-state index contributed by atoms with van der Waals surface area (Å²) < 4.78 is 92.4. The number of hydrogen-bond donors (Lipinski definition) is 2. The van der Waals surface area contributed by atoms with Crippen molar-refractivity contribution in [1.82, 2.24) is 4.98 Å². The second-order valence-electron chi connectivity index (χ2n) is 7.27. The Kier molecular flexibility index (Phi) is 6.31. The molecule has 0 radical (unpaired) electrons. The van der Waals surface area contributed by atoms with E-state index in [4.69, 9.17) is 9.52 Å². The zero-order chi connectivity index (χ0) is 23.8. The van der Waals surface area contributed by atoms with Crippen LogP contribution in [0.5, 0.6) is 5.75 Å². The summed E-state index contributed by atoms with van der Waals surface area (Å²) in [4.78, 5) is 17.7. The largest absolute Gasteiger partial charge is 0.491 e. The van der Waals surface area contributed by atoms with Crippen LogP contribution in [0.3, 0.4) is 0 Å². The van der Waals surface area contributed by atoms with Gasteiger partial charge in [0.1, 0.15) is 11.1 Å². The standard InChI is InChI=1S/C19H19F5N4O3S/c1-31-17-13(4-3-12(20)16(17)21)28-9-10(19(22,23)24)7-14(28)18(29)27-11-5-6-26-15(8-11)32(2,25)30/h3-6,8,10,14,25H,7,9H2,1-2H3,(H,26,27,29)/t10-,14-,32-/m1/s1. The lowest BCUT2D eigenvalue weighted by Gasteiger charge is -2.27. The summed E-state index contributed by atoms with van der Waals surface area (Å²) in [5.74, 6) is -6.00. The SMILES string of the molecule is COc1c(N2C[C@H](C(F)(F)F)C[C@@H]2C(=O)Nc2ccnc([S@](C)(=N)=O)c2)ccc(F)c1F. The molecule has 0 bridgehead atoms. The van der Waals surface area contributed by atoms with Crippen molar-refractivity contribution in [3.05, 3.63) is 42.1 Å². The number of carbonyl (C=O) groups is 1. The third kappa shape index (κ3) is 4.76. The fourth-order valence-corrected chi connectivity index (χ4v) is 4.07. The Balaban J connectivity index is 1.97. The van der Waals surface area contributed by atoms with Crippen LogP contribution >= 0.6 is 0 Å². The summed E-state index contributed by atoms with van der Waals surface area (Å²) in [6.07, 6.45) is -2.92. The first-order chi connectivity index (χ1) is 14.8. The third-order valence-corrected chi connectivity index (χ3v) is 6.03. The first-order valence-corrected chi connectivity index (χ1v) is 11.2. The van der Waals surface area contributed by atoms with Crippen LogP contribution in [0.4, 0.5) is 33.3 Å². The van der Waals surface area contributed by atoms with E-state index in [0.717, 1.165) is 30.4 Å².